The van der Waals surface area contributed by atoms with Crippen LogP contribution in [0.5, 0.6) is 5.75 Å². The number of allylic oxidation sites excluding steroid dienone is 1. The highest BCUT2D eigenvalue weighted by Gasteiger charge is 2.18. The first-order chi connectivity index (χ1) is 20.3. The quantitative estimate of drug-likeness (QED) is 0.298. The molecule has 1 saturated heterocycles. The van der Waals surface area contributed by atoms with E-state index in [1.807, 2.05) is 51.1 Å². The Bertz CT molecular complexity index is 1360. The summed E-state index contributed by atoms with van der Waals surface area (Å²) in [5.41, 5.74) is 3.17. The minimum Gasteiger partial charge on any atom is -0.507 e. The number of aromatic hydroxyl groups is 1. The summed E-state index contributed by atoms with van der Waals surface area (Å²) in [6.07, 6.45) is 7.79. The molecule has 9 heteroatoms. The zero-order chi connectivity index (χ0) is 31.5. The molecule has 2 heterocycles. The van der Waals surface area contributed by atoms with Gasteiger partial charge in [0.15, 0.2) is 0 Å². The van der Waals surface area contributed by atoms with Gasteiger partial charge >= 0.3 is 6.09 Å². The zero-order valence-corrected chi connectivity index (χ0v) is 25.7. The largest absolute Gasteiger partial charge is 0.507 e. The standard InChI is InChI=1S/C20H17NO3.C8H14N2O3.C3H8.C2H6/c1-3-16(21-4-2)14-10-8-13(9-11-14)15-12-24-18-7-5-6-17(22)19(18)20(15)23;1-13-8(12)9-6-7(11)10-4-2-3-5-10;1-3-2;1-2/h3-12,21-22H,2H2,1H3;2-6H2,1H3,(H,9,12);3H2,1-2H3;1-2H3/b16-3-;;;. The van der Waals surface area contributed by atoms with E-state index in [9.17, 15) is 19.5 Å². The summed E-state index contributed by atoms with van der Waals surface area (Å²) < 4.78 is 9.84. The lowest BCUT2D eigenvalue weighted by molar-refractivity contribution is -0.129. The number of ether oxygens (including phenoxy) is 1. The molecule has 0 saturated carbocycles. The second-order valence-electron chi connectivity index (χ2n) is 8.90. The third-order valence-electron chi connectivity index (χ3n) is 5.86. The molecule has 3 aromatic rings. The Morgan fingerprint density at radius 3 is 2.26 bits per heavy atom. The third-order valence-corrected chi connectivity index (χ3v) is 5.86. The number of benzene rings is 2. The molecule has 1 fully saturated rings. The number of carbonyl (C=O) groups is 2. The van der Waals surface area contributed by atoms with E-state index in [0.29, 0.717) is 11.1 Å². The van der Waals surface area contributed by atoms with Crippen molar-refractivity contribution in [2.75, 3.05) is 26.7 Å². The molecular formula is C33H45N3O6. The lowest BCUT2D eigenvalue weighted by Gasteiger charge is -2.14. The van der Waals surface area contributed by atoms with Gasteiger partial charge in [-0.05, 0) is 49.2 Å². The van der Waals surface area contributed by atoms with Crippen LogP contribution in [0.4, 0.5) is 4.79 Å². The molecule has 0 aliphatic carbocycles. The van der Waals surface area contributed by atoms with Gasteiger partial charge < -0.3 is 29.8 Å². The number of phenolic OH excluding ortho intramolecular Hbond substituents is 1. The molecule has 42 heavy (non-hydrogen) atoms. The van der Waals surface area contributed by atoms with Crippen molar-refractivity contribution in [2.24, 2.45) is 0 Å². The molecule has 2 amide bonds. The summed E-state index contributed by atoms with van der Waals surface area (Å²) in [7, 11) is 1.27. The van der Waals surface area contributed by atoms with E-state index in [-0.39, 0.29) is 29.0 Å². The Labute approximate surface area is 248 Å². The normalized spacial score (nSPS) is 12.0. The molecule has 1 aliphatic heterocycles. The van der Waals surface area contributed by atoms with Gasteiger partial charge in [-0.15, -0.1) is 0 Å². The molecule has 228 valence electrons. The molecule has 0 spiro atoms. The van der Waals surface area contributed by atoms with E-state index in [1.165, 1.54) is 25.9 Å². The number of rotatable bonds is 6. The van der Waals surface area contributed by atoms with Crippen molar-refractivity contribution in [2.45, 2.75) is 53.9 Å². The number of nitrogens with zero attached hydrogens (tertiary/aromatic N) is 1. The molecule has 0 bridgehead atoms. The fraction of sp³-hybridized carbons (Fsp3) is 0.364. The first-order valence-corrected chi connectivity index (χ1v) is 14.3. The van der Waals surface area contributed by atoms with E-state index in [4.69, 9.17) is 4.42 Å². The van der Waals surface area contributed by atoms with Gasteiger partial charge in [0, 0.05) is 18.8 Å². The Morgan fingerprint density at radius 1 is 1.10 bits per heavy atom. The maximum Gasteiger partial charge on any atom is 0.407 e. The van der Waals surface area contributed by atoms with Crippen LogP contribution in [0.25, 0.3) is 27.8 Å². The van der Waals surface area contributed by atoms with Crippen LogP contribution in [-0.2, 0) is 9.53 Å². The minimum absolute atomic E-state index is 0.0344. The van der Waals surface area contributed by atoms with Crippen LogP contribution in [0, 0.1) is 0 Å². The fourth-order valence-electron chi connectivity index (χ4n) is 3.93. The maximum atomic E-state index is 12.7. The summed E-state index contributed by atoms with van der Waals surface area (Å²) in [6, 6.07) is 12.3. The smallest absolute Gasteiger partial charge is 0.407 e. The molecule has 2 aromatic carbocycles. The van der Waals surface area contributed by atoms with Gasteiger partial charge in [0.25, 0.3) is 0 Å². The van der Waals surface area contributed by atoms with Gasteiger partial charge in [-0.3, -0.25) is 9.59 Å². The summed E-state index contributed by atoms with van der Waals surface area (Å²) in [4.78, 5) is 36.4. The molecule has 1 aromatic heterocycles. The topological polar surface area (TPSA) is 121 Å². The molecule has 4 rings (SSSR count). The minimum atomic E-state index is -0.562. The average molecular weight is 580 g/mol. The highest BCUT2D eigenvalue weighted by atomic mass is 16.5. The average Bonchev–Trinajstić information content (AvgIpc) is 3.56. The number of nitrogens with one attached hydrogen (secondary N) is 2. The molecule has 1 aliphatic rings. The van der Waals surface area contributed by atoms with Crippen LogP contribution in [0.15, 0.2) is 76.8 Å². The van der Waals surface area contributed by atoms with E-state index in [0.717, 1.165) is 42.8 Å². The number of methoxy groups -OCH3 is 1. The number of amides is 2. The van der Waals surface area contributed by atoms with Crippen LogP contribution >= 0.6 is 0 Å². The second kappa shape index (κ2) is 19.5. The van der Waals surface area contributed by atoms with Crippen LogP contribution in [0.3, 0.4) is 0 Å². The third kappa shape index (κ3) is 10.5. The SMILES string of the molecule is C=CN/C(=C\C)c1ccc(-c2coc3cccc(O)c3c2=O)cc1.CC.CCC.COC(=O)NCC(=O)N1CCCC1. The second-order valence-corrected chi connectivity index (χ2v) is 8.90. The summed E-state index contributed by atoms with van der Waals surface area (Å²) in [6.45, 7) is 15.5. The van der Waals surface area contributed by atoms with E-state index in [2.05, 4.69) is 35.8 Å². The van der Waals surface area contributed by atoms with Crippen molar-refractivity contribution in [3.63, 3.8) is 0 Å². The van der Waals surface area contributed by atoms with Crippen molar-refractivity contribution < 1.29 is 23.8 Å². The van der Waals surface area contributed by atoms with Crippen molar-refractivity contribution >= 4 is 28.7 Å². The predicted octanol–water partition coefficient (Wildman–Crippen LogP) is 6.67. The Hall–Kier alpha value is -4.53. The van der Waals surface area contributed by atoms with Crippen LogP contribution in [-0.4, -0.2) is 48.8 Å². The van der Waals surface area contributed by atoms with Crippen LogP contribution in [0.1, 0.15) is 59.4 Å². The number of phenols is 1. The molecule has 9 nitrogen and oxygen atoms in total. The zero-order valence-electron chi connectivity index (χ0n) is 25.7. The van der Waals surface area contributed by atoms with Crippen LogP contribution < -0.4 is 16.1 Å². The maximum absolute atomic E-state index is 12.7. The van der Waals surface area contributed by atoms with Gasteiger partial charge in [0.1, 0.15) is 29.5 Å². The Balaban J connectivity index is 0.000000413. The Morgan fingerprint density at radius 2 is 1.71 bits per heavy atom. The van der Waals surface area contributed by atoms with E-state index < -0.39 is 6.09 Å². The molecule has 0 radical (unpaired) electrons. The molecular weight excluding hydrogens is 534 g/mol. The molecule has 3 N–H and O–H groups in total. The number of hydrogen-bond donors (Lipinski definition) is 3. The van der Waals surface area contributed by atoms with Crippen LogP contribution in [0.2, 0.25) is 0 Å². The van der Waals surface area contributed by atoms with Crippen molar-refractivity contribution in [1.29, 1.82) is 0 Å². The van der Waals surface area contributed by atoms with Gasteiger partial charge in [0.2, 0.25) is 11.3 Å². The first kappa shape index (κ1) is 35.5. The number of likely N-dealkylation sites (tertiary alicyclic amines) is 1. The van der Waals surface area contributed by atoms with E-state index >= 15 is 0 Å². The lowest BCUT2D eigenvalue weighted by atomic mass is 10.0. The molecule has 0 unspecified atom stereocenters. The highest BCUT2D eigenvalue weighted by Crippen LogP contribution is 2.26. The van der Waals surface area contributed by atoms with Gasteiger partial charge in [-0.1, -0.05) is 77.1 Å². The van der Waals surface area contributed by atoms with Gasteiger partial charge in [0.05, 0.1) is 12.7 Å². The fourth-order valence-corrected chi connectivity index (χ4v) is 3.93. The Kier molecular flexibility index (Phi) is 16.5. The van der Waals surface area contributed by atoms with Gasteiger partial charge in [-0.25, -0.2) is 4.79 Å². The summed E-state index contributed by atoms with van der Waals surface area (Å²) >= 11 is 0. The molecule has 0 atom stereocenters. The number of fused-ring (bicyclic) bond motifs is 1. The highest BCUT2D eigenvalue weighted by molar-refractivity contribution is 5.87. The lowest BCUT2D eigenvalue weighted by Crippen LogP contribution is -2.38. The number of alkyl carbamates (subject to hydrolysis) is 1. The van der Waals surface area contributed by atoms with E-state index in [1.54, 1.807) is 23.2 Å². The number of carbonyl (C=O) groups excluding carboxylic acids is 2. The van der Waals surface area contributed by atoms with Crippen molar-refractivity contribution in [3.05, 3.63) is 83.4 Å². The first-order valence-electron chi connectivity index (χ1n) is 14.3. The summed E-state index contributed by atoms with van der Waals surface area (Å²) in [5.74, 6) is -0.117. The van der Waals surface area contributed by atoms with Crippen molar-refractivity contribution in [1.82, 2.24) is 15.5 Å². The summed E-state index contributed by atoms with van der Waals surface area (Å²) in [5, 5.41) is 15.6. The predicted molar refractivity (Wildman–Crippen MR) is 170 cm³/mol. The van der Waals surface area contributed by atoms with Gasteiger partial charge in [-0.2, -0.15) is 0 Å². The monoisotopic (exact) mass is 579 g/mol. The number of hydrogen-bond acceptors (Lipinski definition) is 7. The van der Waals surface area contributed by atoms with Crippen molar-refractivity contribution in [3.8, 4) is 16.9 Å².